The zero-order valence-electron chi connectivity index (χ0n) is 2.31. The zero-order chi connectivity index (χ0) is 0. The van der Waals surface area contributed by atoms with Gasteiger partial charge in [-0.3, -0.25) is 0 Å². The standard InChI is InChI=1S/Ba.H3N.2H2O/h;1H3;2*1H2/q+2;;;/p-2. The van der Waals surface area contributed by atoms with Crippen molar-refractivity contribution in [3.05, 3.63) is 0 Å². The molecule has 3 nitrogen and oxygen atoms in total. The Morgan fingerprint density at radius 3 is 0.750 bits per heavy atom. The normalized spacial score (nSPS) is 0. The SMILES string of the molecule is N.[Ba+2].[OH-].[OH-]. The summed E-state index contributed by atoms with van der Waals surface area (Å²) in [5.41, 5.74) is 0. The van der Waals surface area contributed by atoms with Crippen LogP contribution in [0.2, 0.25) is 0 Å². The molecule has 0 heterocycles. The summed E-state index contributed by atoms with van der Waals surface area (Å²) in [5.74, 6) is 0. The quantitative estimate of drug-likeness (QED) is 0.516. The molecule has 0 saturated heterocycles. The Balaban J connectivity index is 0. The molecule has 5 N–H and O–H groups in total. The third-order valence-electron chi connectivity index (χ3n) is 0. The van der Waals surface area contributed by atoms with Gasteiger partial charge >= 0.3 is 48.9 Å². The van der Waals surface area contributed by atoms with E-state index >= 15 is 0 Å². The molecule has 4 heavy (non-hydrogen) atoms. The second-order valence-electron chi connectivity index (χ2n) is 0. The van der Waals surface area contributed by atoms with Crippen molar-refractivity contribution in [1.82, 2.24) is 6.15 Å². The van der Waals surface area contributed by atoms with E-state index in [1.54, 1.807) is 0 Å². The number of hydrogen-bond donors (Lipinski definition) is 1. The van der Waals surface area contributed by atoms with E-state index in [1.807, 2.05) is 0 Å². The third kappa shape index (κ3) is 9.85. The maximum absolute atomic E-state index is 0. The maximum atomic E-state index is 0. The van der Waals surface area contributed by atoms with Crippen molar-refractivity contribution in [2.45, 2.75) is 0 Å². The number of hydrogen-bond acceptors (Lipinski definition) is 3. The first-order valence-corrected chi connectivity index (χ1v) is 0. The molecule has 0 saturated carbocycles. The first-order valence-electron chi connectivity index (χ1n) is 0. The van der Waals surface area contributed by atoms with Crippen LogP contribution < -0.4 is 6.15 Å². The molecule has 24 valence electrons. The summed E-state index contributed by atoms with van der Waals surface area (Å²) in [7, 11) is 0. The van der Waals surface area contributed by atoms with Gasteiger partial charge in [0.25, 0.3) is 0 Å². The van der Waals surface area contributed by atoms with Crippen molar-refractivity contribution in [2.24, 2.45) is 0 Å². The third-order valence-corrected chi connectivity index (χ3v) is 0. The first kappa shape index (κ1) is 51.3. The van der Waals surface area contributed by atoms with Gasteiger partial charge in [0.15, 0.2) is 0 Å². The zero-order valence-corrected chi connectivity index (χ0v) is 6.75. The Morgan fingerprint density at radius 2 is 0.750 bits per heavy atom. The van der Waals surface area contributed by atoms with Gasteiger partial charge < -0.3 is 17.1 Å². The summed E-state index contributed by atoms with van der Waals surface area (Å²) in [4.78, 5) is 0. The Hall–Kier alpha value is 1.45. The smallest absolute Gasteiger partial charge is 0.870 e. The van der Waals surface area contributed by atoms with E-state index in [0.717, 1.165) is 0 Å². The van der Waals surface area contributed by atoms with E-state index in [9.17, 15) is 0 Å². The molecule has 0 fully saturated rings. The van der Waals surface area contributed by atoms with Gasteiger partial charge in [-0.1, -0.05) is 0 Å². The van der Waals surface area contributed by atoms with Gasteiger partial charge in [0.2, 0.25) is 0 Å². The van der Waals surface area contributed by atoms with Crippen LogP contribution in [0.5, 0.6) is 0 Å². The van der Waals surface area contributed by atoms with Crippen LogP contribution in [-0.2, 0) is 0 Å². The number of rotatable bonds is 0. The molecule has 0 aromatic heterocycles. The van der Waals surface area contributed by atoms with Gasteiger partial charge in [0.05, 0.1) is 0 Å². The van der Waals surface area contributed by atoms with Crippen molar-refractivity contribution < 1.29 is 11.0 Å². The molecule has 0 aliphatic rings. The topological polar surface area (TPSA) is 95.0 Å². The van der Waals surface area contributed by atoms with E-state index in [4.69, 9.17) is 0 Å². The van der Waals surface area contributed by atoms with E-state index < -0.39 is 0 Å². The summed E-state index contributed by atoms with van der Waals surface area (Å²) in [5, 5.41) is 0. The Bertz CT molecular complexity index is 6.00. The van der Waals surface area contributed by atoms with Gasteiger partial charge in [-0.2, -0.15) is 0 Å². The van der Waals surface area contributed by atoms with Crippen LogP contribution in [-0.4, -0.2) is 59.8 Å². The fraction of sp³-hybridized carbons (Fsp3) is 0. The van der Waals surface area contributed by atoms with Crippen molar-refractivity contribution in [1.29, 1.82) is 0 Å². The van der Waals surface area contributed by atoms with Gasteiger partial charge in [0, 0.05) is 0 Å². The first-order chi connectivity index (χ1) is 0. The van der Waals surface area contributed by atoms with E-state index in [0.29, 0.717) is 0 Å². The van der Waals surface area contributed by atoms with Crippen LogP contribution in [0.25, 0.3) is 0 Å². The summed E-state index contributed by atoms with van der Waals surface area (Å²) in [6.07, 6.45) is 0. The fourth-order valence-corrected chi connectivity index (χ4v) is 0. The van der Waals surface area contributed by atoms with Crippen LogP contribution in [0.1, 0.15) is 0 Å². The monoisotopic (exact) mass is 189 g/mol. The molecule has 0 aromatic rings. The summed E-state index contributed by atoms with van der Waals surface area (Å²) in [6, 6.07) is 0. The van der Waals surface area contributed by atoms with Crippen molar-refractivity contribution in [2.75, 3.05) is 0 Å². The molecule has 0 radical (unpaired) electrons. The van der Waals surface area contributed by atoms with Gasteiger partial charge in [-0.15, -0.1) is 0 Å². The van der Waals surface area contributed by atoms with Crippen LogP contribution >= 0.6 is 0 Å². The van der Waals surface area contributed by atoms with Crippen LogP contribution in [0.15, 0.2) is 0 Å². The second-order valence-corrected chi connectivity index (χ2v) is 0. The minimum atomic E-state index is 0. The Morgan fingerprint density at radius 1 is 0.750 bits per heavy atom. The van der Waals surface area contributed by atoms with Gasteiger partial charge in [-0.25, -0.2) is 0 Å². The van der Waals surface area contributed by atoms with E-state index in [1.165, 1.54) is 0 Å². The molecule has 0 aliphatic heterocycles. The molecule has 0 aliphatic carbocycles. The predicted molar refractivity (Wildman–Crippen MR) is 14.6 cm³/mol. The van der Waals surface area contributed by atoms with Crippen LogP contribution in [0.3, 0.4) is 0 Å². The van der Waals surface area contributed by atoms with Crippen LogP contribution in [0.4, 0.5) is 0 Å². The molecule has 0 rings (SSSR count). The fourth-order valence-electron chi connectivity index (χ4n) is 0. The summed E-state index contributed by atoms with van der Waals surface area (Å²) in [6.45, 7) is 0. The second kappa shape index (κ2) is 25.2. The summed E-state index contributed by atoms with van der Waals surface area (Å²) >= 11 is 0. The summed E-state index contributed by atoms with van der Waals surface area (Å²) < 4.78 is 0. The van der Waals surface area contributed by atoms with Crippen molar-refractivity contribution >= 4 is 48.9 Å². The minimum absolute atomic E-state index is 0. The molecular formula is H5BaNO2. The van der Waals surface area contributed by atoms with Gasteiger partial charge in [-0.05, 0) is 0 Å². The van der Waals surface area contributed by atoms with Gasteiger partial charge in [0.1, 0.15) is 0 Å². The minimum Gasteiger partial charge on any atom is -0.870 e. The molecular weight excluding hydrogens is 183 g/mol. The van der Waals surface area contributed by atoms with E-state index in [-0.39, 0.29) is 66.0 Å². The molecule has 0 atom stereocenters. The predicted octanol–water partition coefficient (Wildman–Crippen LogP) is -0.572. The van der Waals surface area contributed by atoms with Crippen LogP contribution in [0, 0.1) is 0 Å². The molecule has 0 bridgehead atoms. The van der Waals surface area contributed by atoms with Crippen molar-refractivity contribution in [3.63, 3.8) is 0 Å². The maximum Gasteiger partial charge on any atom is 2.00 e. The molecule has 0 aromatic carbocycles. The Kier molecular flexibility index (Phi) is 323. The molecule has 0 spiro atoms. The molecule has 4 heteroatoms. The van der Waals surface area contributed by atoms with Crippen molar-refractivity contribution in [3.8, 4) is 0 Å². The molecule has 0 amide bonds. The Labute approximate surface area is 65.0 Å². The largest absolute Gasteiger partial charge is 2.00 e. The average molecular weight is 188 g/mol. The molecule has 0 unspecified atom stereocenters. The average Bonchev–Trinajstić information content (AvgIpc) is 0. The van der Waals surface area contributed by atoms with E-state index in [2.05, 4.69) is 0 Å².